The van der Waals surface area contributed by atoms with Crippen LogP contribution in [0.15, 0.2) is 48.5 Å². The average molecular weight is 388 g/mol. The number of carbonyl (C=O) groups is 1. The maximum absolute atomic E-state index is 12.2. The molecule has 1 heterocycles. The molecule has 0 aromatic heterocycles. The Morgan fingerprint density at radius 2 is 1.81 bits per heavy atom. The minimum atomic E-state index is 0.0381. The van der Waals surface area contributed by atoms with Crippen LogP contribution >= 0.6 is 11.6 Å². The number of hydrogen-bond donors (Lipinski definition) is 1. The highest BCUT2D eigenvalue weighted by atomic mass is 35.5. The van der Waals surface area contributed by atoms with Crippen molar-refractivity contribution in [1.82, 2.24) is 9.80 Å². The van der Waals surface area contributed by atoms with Gasteiger partial charge in [0.1, 0.15) is 12.4 Å². The van der Waals surface area contributed by atoms with Gasteiger partial charge in [0, 0.05) is 38.4 Å². The van der Waals surface area contributed by atoms with Crippen molar-refractivity contribution in [2.24, 2.45) is 0 Å². The Bertz CT molecular complexity index is 761. The lowest BCUT2D eigenvalue weighted by Crippen LogP contribution is -2.49. The molecule has 144 valence electrons. The molecular weight excluding hydrogens is 362 g/mol. The van der Waals surface area contributed by atoms with Crippen LogP contribution in [0.5, 0.6) is 5.75 Å². The molecule has 6 heteroatoms. The number of rotatable bonds is 7. The number of halogens is 1. The van der Waals surface area contributed by atoms with Gasteiger partial charge in [-0.2, -0.15) is 0 Å². The second-order valence-electron chi connectivity index (χ2n) is 6.81. The van der Waals surface area contributed by atoms with E-state index in [-0.39, 0.29) is 5.91 Å². The SMILES string of the molecule is Cc1cccc(NC(=O)CN2CCN(CCOc3ccccc3Cl)CC2)c1. The molecule has 5 nitrogen and oxygen atoms in total. The molecule has 0 aliphatic carbocycles. The fourth-order valence-corrected chi connectivity index (χ4v) is 3.33. The summed E-state index contributed by atoms with van der Waals surface area (Å²) in [5.74, 6) is 0.765. The second kappa shape index (κ2) is 9.74. The Hall–Kier alpha value is -2.08. The van der Waals surface area contributed by atoms with Gasteiger partial charge >= 0.3 is 0 Å². The first kappa shape index (κ1) is 19.7. The number of aryl methyl sites for hydroxylation is 1. The Labute approximate surface area is 165 Å². The van der Waals surface area contributed by atoms with Crippen molar-refractivity contribution in [2.45, 2.75) is 6.92 Å². The predicted molar refractivity (Wildman–Crippen MR) is 110 cm³/mol. The van der Waals surface area contributed by atoms with Crippen molar-refractivity contribution in [3.8, 4) is 5.75 Å². The molecule has 0 saturated carbocycles. The van der Waals surface area contributed by atoms with Crippen molar-refractivity contribution in [2.75, 3.05) is 51.2 Å². The van der Waals surface area contributed by atoms with Gasteiger partial charge in [0.05, 0.1) is 11.6 Å². The van der Waals surface area contributed by atoms with Crippen molar-refractivity contribution in [1.29, 1.82) is 0 Å². The number of para-hydroxylation sites is 1. The lowest BCUT2D eigenvalue weighted by molar-refractivity contribution is -0.117. The van der Waals surface area contributed by atoms with E-state index in [0.29, 0.717) is 18.2 Å². The molecule has 0 radical (unpaired) electrons. The summed E-state index contributed by atoms with van der Waals surface area (Å²) >= 11 is 6.10. The van der Waals surface area contributed by atoms with Gasteiger partial charge in [0.15, 0.2) is 0 Å². The van der Waals surface area contributed by atoms with E-state index in [1.54, 1.807) is 0 Å². The summed E-state index contributed by atoms with van der Waals surface area (Å²) in [4.78, 5) is 16.8. The van der Waals surface area contributed by atoms with Crippen LogP contribution in [0, 0.1) is 6.92 Å². The monoisotopic (exact) mass is 387 g/mol. The Morgan fingerprint density at radius 3 is 2.56 bits per heavy atom. The normalized spacial score (nSPS) is 15.5. The Morgan fingerprint density at radius 1 is 1.07 bits per heavy atom. The number of hydrogen-bond acceptors (Lipinski definition) is 4. The third-order valence-electron chi connectivity index (χ3n) is 4.64. The molecule has 2 aromatic carbocycles. The third-order valence-corrected chi connectivity index (χ3v) is 4.95. The van der Waals surface area contributed by atoms with Crippen LogP contribution < -0.4 is 10.1 Å². The van der Waals surface area contributed by atoms with E-state index in [0.717, 1.165) is 49.7 Å². The number of nitrogens with zero attached hydrogens (tertiary/aromatic N) is 2. The van der Waals surface area contributed by atoms with Crippen LogP contribution in [0.1, 0.15) is 5.56 Å². The third kappa shape index (κ3) is 6.24. The number of amides is 1. The van der Waals surface area contributed by atoms with Gasteiger partial charge in [-0.3, -0.25) is 14.6 Å². The van der Waals surface area contributed by atoms with Crippen LogP contribution in [-0.4, -0.2) is 61.6 Å². The molecule has 2 aromatic rings. The smallest absolute Gasteiger partial charge is 0.238 e. The lowest BCUT2D eigenvalue weighted by Gasteiger charge is -2.34. The van der Waals surface area contributed by atoms with Crippen LogP contribution in [0.25, 0.3) is 0 Å². The number of carbonyl (C=O) groups excluding carboxylic acids is 1. The minimum Gasteiger partial charge on any atom is -0.491 e. The molecule has 1 fully saturated rings. The molecule has 0 unspecified atom stereocenters. The molecule has 1 amide bonds. The highest BCUT2D eigenvalue weighted by Crippen LogP contribution is 2.22. The summed E-state index contributed by atoms with van der Waals surface area (Å²) in [6.07, 6.45) is 0. The van der Waals surface area contributed by atoms with E-state index >= 15 is 0 Å². The Kier molecular flexibility index (Phi) is 7.10. The maximum atomic E-state index is 12.2. The number of piperazine rings is 1. The Balaban J connectivity index is 1.35. The molecule has 27 heavy (non-hydrogen) atoms. The van der Waals surface area contributed by atoms with E-state index in [2.05, 4.69) is 15.1 Å². The van der Waals surface area contributed by atoms with Gasteiger partial charge in [-0.25, -0.2) is 0 Å². The van der Waals surface area contributed by atoms with Crippen molar-refractivity contribution in [3.05, 3.63) is 59.1 Å². The molecule has 0 bridgehead atoms. The fourth-order valence-electron chi connectivity index (χ4n) is 3.14. The van der Waals surface area contributed by atoms with Crippen LogP contribution in [-0.2, 0) is 4.79 Å². The summed E-state index contributed by atoms with van der Waals surface area (Å²) in [5.41, 5.74) is 2.00. The standard InChI is InChI=1S/C21H26ClN3O2/c1-17-5-4-6-18(15-17)23-21(26)16-25-11-9-24(10-12-25)13-14-27-20-8-3-2-7-19(20)22/h2-8,15H,9-14,16H2,1H3,(H,23,26). The topological polar surface area (TPSA) is 44.8 Å². The molecule has 3 rings (SSSR count). The molecule has 1 aliphatic rings. The van der Waals surface area contributed by atoms with Crippen molar-refractivity contribution >= 4 is 23.2 Å². The van der Waals surface area contributed by atoms with Crippen LogP contribution in [0.4, 0.5) is 5.69 Å². The number of nitrogens with one attached hydrogen (secondary N) is 1. The first-order valence-corrected chi connectivity index (χ1v) is 9.66. The zero-order chi connectivity index (χ0) is 19.1. The van der Waals surface area contributed by atoms with E-state index < -0.39 is 0 Å². The summed E-state index contributed by atoms with van der Waals surface area (Å²) in [6, 6.07) is 15.4. The molecule has 1 N–H and O–H groups in total. The van der Waals surface area contributed by atoms with E-state index in [9.17, 15) is 4.79 Å². The zero-order valence-electron chi connectivity index (χ0n) is 15.7. The van der Waals surface area contributed by atoms with Gasteiger partial charge in [-0.05, 0) is 36.8 Å². The summed E-state index contributed by atoms with van der Waals surface area (Å²) in [7, 11) is 0. The van der Waals surface area contributed by atoms with Crippen molar-refractivity contribution in [3.63, 3.8) is 0 Å². The van der Waals surface area contributed by atoms with Gasteiger partial charge in [0.2, 0.25) is 5.91 Å². The molecule has 0 atom stereocenters. The lowest BCUT2D eigenvalue weighted by atomic mass is 10.2. The van der Waals surface area contributed by atoms with Gasteiger partial charge < -0.3 is 10.1 Å². The quantitative estimate of drug-likeness (QED) is 0.791. The van der Waals surface area contributed by atoms with Gasteiger partial charge in [-0.1, -0.05) is 35.9 Å². The first-order valence-electron chi connectivity index (χ1n) is 9.29. The number of ether oxygens (including phenoxy) is 1. The summed E-state index contributed by atoms with van der Waals surface area (Å²) < 4.78 is 5.76. The second-order valence-corrected chi connectivity index (χ2v) is 7.22. The van der Waals surface area contributed by atoms with Crippen LogP contribution in [0.2, 0.25) is 5.02 Å². The highest BCUT2D eigenvalue weighted by Gasteiger charge is 2.19. The van der Waals surface area contributed by atoms with Gasteiger partial charge in [-0.15, -0.1) is 0 Å². The van der Waals surface area contributed by atoms with E-state index in [4.69, 9.17) is 16.3 Å². The van der Waals surface area contributed by atoms with E-state index in [1.807, 2.05) is 55.5 Å². The van der Waals surface area contributed by atoms with E-state index in [1.165, 1.54) is 0 Å². The van der Waals surface area contributed by atoms with Crippen LogP contribution in [0.3, 0.4) is 0 Å². The fraction of sp³-hybridized carbons (Fsp3) is 0.381. The highest BCUT2D eigenvalue weighted by molar-refractivity contribution is 6.32. The number of anilines is 1. The predicted octanol–water partition coefficient (Wildman–Crippen LogP) is 3.28. The van der Waals surface area contributed by atoms with Gasteiger partial charge in [0.25, 0.3) is 0 Å². The molecular formula is C21H26ClN3O2. The summed E-state index contributed by atoms with van der Waals surface area (Å²) in [6.45, 7) is 7.54. The van der Waals surface area contributed by atoms with Crippen molar-refractivity contribution < 1.29 is 9.53 Å². The molecule has 0 spiro atoms. The molecule has 1 aliphatic heterocycles. The zero-order valence-corrected chi connectivity index (χ0v) is 16.4. The average Bonchev–Trinajstić information content (AvgIpc) is 2.65. The minimum absolute atomic E-state index is 0.0381. The number of benzene rings is 2. The summed E-state index contributed by atoms with van der Waals surface area (Å²) in [5, 5.41) is 3.61. The first-order chi connectivity index (χ1) is 13.1. The molecule has 1 saturated heterocycles. The maximum Gasteiger partial charge on any atom is 0.238 e. The largest absolute Gasteiger partial charge is 0.491 e.